The number of anilines is 6. The molecule has 8 aromatic heterocycles. The Hall–Kier alpha value is -7.89. The third-order valence-electron chi connectivity index (χ3n) is 15.5. The van der Waals surface area contributed by atoms with Crippen molar-refractivity contribution >= 4 is 169 Å². The number of carbonyl (C=O) groups excluding carboxylic acids is 1. The number of ether oxygens (including phenoxy) is 9. The van der Waals surface area contributed by atoms with E-state index < -0.39 is 0 Å². The molecule has 14 aromatic rings. The number of methoxy groups -OCH3 is 3. The van der Waals surface area contributed by atoms with Gasteiger partial charge in [0.05, 0.1) is 82.8 Å². The van der Waals surface area contributed by atoms with E-state index >= 15 is 0 Å². The number of halogens is 4. The van der Waals surface area contributed by atoms with Crippen LogP contribution in [0.1, 0.15) is 9.67 Å². The summed E-state index contributed by atoms with van der Waals surface area (Å²) in [6.07, 6.45) is 0.921. The summed E-state index contributed by atoms with van der Waals surface area (Å²) in [4.78, 5) is 21.5. The summed E-state index contributed by atoms with van der Waals surface area (Å²) in [6, 6.07) is 67.0. The quantitative estimate of drug-likeness (QED) is 0.0228. The maximum Gasteiger partial charge on any atom is 0.160 e. The summed E-state index contributed by atoms with van der Waals surface area (Å²) in [5.41, 5.74) is 11.1. The lowest BCUT2D eigenvalue weighted by atomic mass is 10.1. The van der Waals surface area contributed by atoms with E-state index in [1.165, 1.54) is 75.7 Å². The topological polar surface area (TPSA) is 107 Å². The van der Waals surface area contributed by atoms with Crippen LogP contribution < -0.4 is 24.0 Å². The summed E-state index contributed by atoms with van der Waals surface area (Å²) in [6.45, 7) is 6.36. The standard InChI is InChI=1S/C39H35NO6S4.C37H33NO4S4.2F2/c1-42-15-16-44-17-18-45-19-20-46-31-13-11-30(12-14-31)40(28-7-3-26(4-8-28)34-22-37-36(49-34)21-32(24-41)48-37)29-9-5-27(6-10-29)35-23-38-39(50-35)33(43-2)25-47-38;1-39-16-17-40-18-19-41-20-21-42-31-12-10-30(11-13-31)38(28-6-2-26(3-7-28)34-24-36-32(45-34)14-22-43-36)29-8-4-27(5-9-29)35-25-37-33(46-35)15-23-44-37;2*1-2/h3-14,21-25H,15-20H2,1-2H3;2-15,22-25H,16-21H2,1H3;;. The van der Waals surface area contributed by atoms with Crippen LogP contribution >= 0.6 is 90.7 Å². The molecule has 0 atom stereocenters. The van der Waals surface area contributed by atoms with E-state index in [0.717, 1.165) is 77.5 Å². The molecular formula is C76H68F4N2O10S8. The van der Waals surface area contributed by atoms with Crippen LogP contribution in [0.3, 0.4) is 0 Å². The molecule has 8 heterocycles. The fourth-order valence-electron chi connectivity index (χ4n) is 10.7. The molecule has 0 saturated heterocycles. The zero-order chi connectivity index (χ0) is 69.4. The number of nitrogens with zero attached hydrogens (tertiary/aromatic N) is 2. The van der Waals surface area contributed by atoms with Crippen molar-refractivity contribution in [3.05, 3.63) is 209 Å². The second kappa shape index (κ2) is 37.7. The van der Waals surface area contributed by atoms with Crippen molar-refractivity contribution in [2.24, 2.45) is 0 Å². The number of aldehydes is 1. The van der Waals surface area contributed by atoms with Gasteiger partial charge in [0, 0.05) is 124 Å². The molecule has 0 N–H and O–H groups in total. The van der Waals surface area contributed by atoms with Gasteiger partial charge in [-0.15, -0.1) is 90.7 Å². The average Bonchev–Trinajstić information content (AvgIpc) is 1.51. The highest BCUT2D eigenvalue weighted by molar-refractivity contribution is 7.31. The molecule has 0 fully saturated rings. The normalized spacial score (nSPS) is 11.1. The van der Waals surface area contributed by atoms with Crippen LogP contribution in [0.2, 0.25) is 0 Å². The minimum atomic E-state index is 0.452. The van der Waals surface area contributed by atoms with E-state index in [-0.39, 0.29) is 0 Å². The Morgan fingerprint density at radius 2 is 0.670 bits per heavy atom. The van der Waals surface area contributed by atoms with Crippen LogP contribution in [-0.4, -0.2) is 107 Å². The minimum Gasteiger partial charge on any atom is -0.494 e. The summed E-state index contributed by atoms with van der Waals surface area (Å²) in [5, 5.41) is 6.38. The minimum absolute atomic E-state index is 0.452. The van der Waals surface area contributed by atoms with Gasteiger partial charge in [-0.2, -0.15) is 0 Å². The highest BCUT2D eigenvalue weighted by Gasteiger charge is 2.19. The Balaban J connectivity index is 0.000000193. The summed E-state index contributed by atoms with van der Waals surface area (Å²) in [7, 11) is 5.04. The maximum atomic E-state index is 11.2. The molecule has 6 aromatic carbocycles. The van der Waals surface area contributed by atoms with E-state index in [4.69, 9.17) is 60.9 Å². The van der Waals surface area contributed by atoms with Crippen LogP contribution in [0.25, 0.3) is 79.4 Å². The number of fused-ring (bicyclic) bond motifs is 4. The highest BCUT2D eigenvalue weighted by atomic mass is 32.1. The molecule has 14 rings (SSSR count). The van der Waals surface area contributed by atoms with Crippen molar-refractivity contribution in [1.82, 2.24) is 0 Å². The van der Waals surface area contributed by atoms with E-state index in [1.54, 1.807) is 78.0 Å². The van der Waals surface area contributed by atoms with Gasteiger partial charge in [0.1, 0.15) is 30.5 Å². The number of carbonyl (C=O) groups is 1. The Morgan fingerprint density at radius 1 is 0.340 bits per heavy atom. The van der Waals surface area contributed by atoms with Crippen molar-refractivity contribution in [2.45, 2.75) is 0 Å². The largest absolute Gasteiger partial charge is 0.494 e. The first-order chi connectivity index (χ1) is 49.4. The first-order valence-corrected chi connectivity index (χ1v) is 38.1. The van der Waals surface area contributed by atoms with E-state index in [0.29, 0.717) is 79.3 Å². The average molecular weight is 1500 g/mol. The molecule has 0 saturated carbocycles. The number of rotatable bonds is 32. The molecule has 0 radical (unpaired) electrons. The zero-order valence-corrected chi connectivity index (χ0v) is 61.0. The van der Waals surface area contributed by atoms with Gasteiger partial charge in [-0.25, -0.2) is 0 Å². The van der Waals surface area contributed by atoms with Crippen LogP contribution in [0.15, 0.2) is 204 Å². The van der Waals surface area contributed by atoms with Crippen molar-refractivity contribution in [3.8, 4) is 59.0 Å². The van der Waals surface area contributed by atoms with Gasteiger partial charge >= 0.3 is 0 Å². The van der Waals surface area contributed by atoms with Gasteiger partial charge < -0.3 is 52.4 Å². The summed E-state index contributed by atoms with van der Waals surface area (Å²) < 4.78 is 91.6. The first kappa shape index (κ1) is 73.3. The van der Waals surface area contributed by atoms with E-state index in [9.17, 15) is 4.79 Å². The number of thiophene rings is 8. The summed E-state index contributed by atoms with van der Waals surface area (Å²) >= 11 is 14.0. The van der Waals surface area contributed by atoms with Crippen molar-refractivity contribution in [2.75, 3.05) is 110 Å². The highest BCUT2D eigenvalue weighted by Crippen LogP contribution is 2.46. The first-order valence-electron chi connectivity index (χ1n) is 31.4. The van der Waals surface area contributed by atoms with E-state index in [1.807, 2.05) is 53.0 Å². The SMILES string of the molecule is COCCOCCOCCOc1ccc(N(c2ccc(-c3cc4sc(C=O)cc4s3)cc2)c2ccc(-c3cc4scc(OC)c4s3)cc2)cc1.COCCOCCOCCOc1ccc(N(c2ccc(-c3cc4sccc4s3)cc2)c2ccc(-c3cc4sccc4s3)cc2)cc1.FF.FF. The smallest absolute Gasteiger partial charge is 0.160 e. The van der Waals surface area contributed by atoms with Crippen LogP contribution in [0, 0.1) is 0 Å². The number of hydrogen-bond acceptors (Lipinski definition) is 20. The predicted octanol–water partition coefficient (Wildman–Crippen LogP) is 23.7. The Labute approximate surface area is 608 Å². The van der Waals surface area contributed by atoms with Crippen LogP contribution in [0.5, 0.6) is 17.2 Å². The molecular weight excluding hydrogens is 1430 g/mol. The van der Waals surface area contributed by atoms with Crippen molar-refractivity contribution < 1.29 is 65.7 Å². The van der Waals surface area contributed by atoms with Gasteiger partial charge in [0.25, 0.3) is 0 Å². The van der Waals surface area contributed by atoms with Crippen molar-refractivity contribution in [1.29, 1.82) is 0 Å². The van der Waals surface area contributed by atoms with Gasteiger partial charge in [-0.05, 0) is 173 Å². The Bertz CT molecular complexity index is 4540. The lowest BCUT2D eigenvalue weighted by molar-refractivity contribution is 0.0180. The summed E-state index contributed by atoms with van der Waals surface area (Å²) in [5.74, 6) is 2.52. The van der Waals surface area contributed by atoms with Gasteiger partial charge in [-0.3, -0.25) is 4.79 Å². The molecule has 0 amide bonds. The van der Waals surface area contributed by atoms with Crippen molar-refractivity contribution in [3.63, 3.8) is 0 Å². The molecule has 24 heteroatoms. The van der Waals surface area contributed by atoms with Gasteiger partial charge in [0.15, 0.2) is 6.29 Å². The number of hydrogen-bond donors (Lipinski definition) is 0. The van der Waals surface area contributed by atoms with Gasteiger partial charge in [-0.1, -0.05) is 48.5 Å². The van der Waals surface area contributed by atoms with E-state index in [2.05, 4.69) is 184 Å². The Kier molecular flexibility index (Phi) is 27.6. The molecule has 0 aliphatic carbocycles. The third kappa shape index (κ3) is 18.8. The molecule has 518 valence electrons. The Morgan fingerprint density at radius 3 is 1.03 bits per heavy atom. The fourth-order valence-corrected chi connectivity index (χ4v) is 19.5. The lowest BCUT2D eigenvalue weighted by Gasteiger charge is -2.26. The van der Waals surface area contributed by atoms with Gasteiger partial charge in [0.2, 0.25) is 0 Å². The lowest BCUT2D eigenvalue weighted by Crippen LogP contribution is -2.12. The molecule has 0 aliphatic heterocycles. The predicted molar refractivity (Wildman–Crippen MR) is 411 cm³/mol. The molecule has 0 bridgehead atoms. The molecule has 100 heavy (non-hydrogen) atoms. The zero-order valence-electron chi connectivity index (χ0n) is 54.4. The third-order valence-corrected chi connectivity index (χ3v) is 24.3. The molecule has 0 unspecified atom stereocenters. The monoisotopic (exact) mass is 1500 g/mol. The second-order valence-electron chi connectivity index (χ2n) is 21.7. The van der Waals surface area contributed by atoms with Crippen LogP contribution in [0.4, 0.5) is 52.4 Å². The number of benzene rings is 6. The fraction of sp³-hybridized carbons (Fsp3) is 0.197. The molecule has 12 nitrogen and oxygen atoms in total. The van der Waals surface area contributed by atoms with Crippen LogP contribution in [-0.2, 0) is 28.4 Å². The second-order valence-corrected chi connectivity index (χ2v) is 29.9. The molecule has 0 spiro atoms. The molecule has 0 aliphatic rings. The maximum absolute atomic E-state index is 11.2.